The topological polar surface area (TPSA) is 64.6 Å². The molecule has 1 rings (SSSR count). The average molecular weight is 245 g/mol. The number of benzene rings is 1. The molecule has 0 heterocycles. The Hall–Kier alpha value is -0.336. The van der Waals surface area contributed by atoms with Crippen molar-refractivity contribution in [1.29, 1.82) is 0 Å². The molecule has 1 aromatic rings. The van der Waals surface area contributed by atoms with E-state index in [4.69, 9.17) is 4.74 Å². The average Bonchev–Trinajstić information content (AvgIpc) is 2.05. The molecular weight excluding hydrogens is 238 g/mol. The van der Waals surface area contributed by atoms with E-state index in [1.807, 2.05) is 0 Å². The summed E-state index contributed by atoms with van der Waals surface area (Å²) in [5.41, 5.74) is 0. The summed E-state index contributed by atoms with van der Waals surface area (Å²) in [5, 5.41) is 0. The number of methoxy groups -OCH3 is 1. The third kappa shape index (κ3) is 4.44. The zero-order valence-corrected chi connectivity index (χ0v) is 8.59. The van der Waals surface area contributed by atoms with Gasteiger partial charge in [0.15, 0.2) is 0 Å². The predicted octanol–water partition coefficient (Wildman–Crippen LogP) is 0.0190. The molecule has 0 saturated carbocycles. The molecule has 0 unspecified atom stereocenters. The standard InChI is InChI=1S/C7H7O4P.Ni/c1-10-6-2-4-7(5-3-6)11-12(8)9;/h2-5H,1H3;/q-2;+2. The van der Waals surface area contributed by atoms with Crippen LogP contribution < -0.4 is 19.0 Å². The van der Waals surface area contributed by atoms with Crippen LogP contribution in [0.1, 0.15) is 0 Å². The Labute approximate surface area is 87.4 Å². The Morgan fingerprint density at radius 2 is 1.54 bits per heavy atom. The second-order valence-electron chi connectivity index (χ2n) is 1.99. The minimum absolute atomic E-state index is 0. The molecule has 0 spiro atoms. The van der Waals surface area contributed by atoms with Crippen LogP contribution in [0.2, 0.25) is 0 Å². The molecule has 0 aliphatic heterocycles. The van der Waals surface area contributed by atoms with Crippen LogP contribution in [-0.4, -0.2) is 7.11 Å². The van der Waals surface area contributed by atoms with Crippen LogP contribution >= 0.6 is 8.60 Å². The number of rotatable bonds is 3. The minimum Gasteiger partial charge on any atom is -0.810 e. The van der Waals surface area contributed by atoms with E-state index in [2.05, 4.69) is 4.52 Å². The molecule has 4 nitrogen and oxygen atoms in total. The Kier molecular flexibility index (Phi) is 6.01. The van der Waals surface area contributed by atoms with Crippen LogP contribution in [0, 0.1) is 0 Å². The van der Waals surface area contributed by atoms with E-state index < -0.39 is 8.60 Å². The Morgan fingerprint density at radius 3 is 1.92 bits per heavy atom. The van der Waals surface area contributed by atoms with E-state index in [9.17, 15) is 9.79 Å². The van der Waals surface area contributed by atoms with Crippen LogP contribution in [-0.2, 0) is 16.5 Å². The first-order valence-corrected chi connectivity index (χ1v) is 4.28. The third-order valence-corrected chi connectivity index (χ3v) is 1.60. The fourth-order valence-corrected chi connectivity index (χ4v) is 1.02. The van der Waals surface area contributed by atoms with E-state index in [-0.39, 0.29) is 22.2 Å². The van der Waals surface area contributed by atoms with Crippen molar-refractivity contribution in [1.82, 2.24) is 0 Å². The number of hydrogen-bond acceptors (Lipinski definition) is 4. The van der Waals surface area contributed by atoms with Crippen molar-refractivity contribution < 1.29 is 35.5 Å². The van der Waals surface area contributed by atoms with Gasteiger partial charge in [-0.05, 0) is 24.3 Å². The first-order valence-electron chi connectivity index (χ1n) is 3.19. The summed E-state index contributed by atoms with van der Waals surface area (Å²) in [6.45, 7) is 0. The molecule has 0 aromatic heterocycles. The van der Waals surface area contributed by atoms with E-state index in [0.717, 1.165) is 0 Å². The first kappa shape index (κ1) is 12.7. The quantitative estimate of drug-likeness (QED) is 0.556. The second-order valence-corrected chi connectivity index (χ2v) is 2.62. The summed E-state index contributed by atoms with van der Waals surface area (Å²) in [6, 6.07) is 6.27. The summed E-state index contributed by atoms with van der Waals surface area (Å²) in [4.78, 5) is 20.2. The van der Waals surface area contributed by atoms with Crippen LogP contribution in [0.15, 0.2) is 24.3 Å². The van der Waals surface area contributed by atoms with Gasteiger partial charge in [0.25, 0.3) is 0 Å². The normalized spacial score (nSPS) is 9.23. The summed E-state index contributed by atoms with van der Waals surface area (Å²) in [5.74, 6) is 0.940. The van der Waals surface area contributed by atoms with Crippen LogP contribution in [0.3, 0.4) is 0 Å². The van der Waals surface area contributed by atoms with Crippen molar-refractivity contribution in [3.63, 3.8) is 0 Å². The number of hydrogen-bond donors (Lipinski definition) is 0. The van der Waals surface area contributed by atoms with E-state index >= 15 is 0 Å². The van der Waals surface area contributed by atoms with Gasteiger partial charge in [0, 0.05) is 0 Å². The van der Waals surface area contributed by atoms with Crippen molar-refractivity contribution in [2.75, 3.05) is 7.11 Å². The van der Waals surface area contributed by atoms with Gasteiger partial charge in [-0.25, -0.2) is 0 Å². The fraction of sp³-hybridized carbons (Fsp3) is 0.143. The minimum atomic E-state index is -2.83. The summed E-state index contributed by atoms with van der Waals surface area (Å²) in [6.07, 6.45) is 0. The van der Waals surface area contributed by atoms with Gasteiger partial charge in [-0.1, -0.05) is 8.60 Å². The summed E-state index contributed by atoms with van der Waals surface area (Å²) in [7, 11) is -1.30. The predicted molar refractivity (Wildman–Crippen MR) is 40.5 cm³/mol. The molecule has 6 heteroatoms. The molecule has 0 N–H and O–H groups in total. The fourth-order valence-electron chi connectivity index (χ4n) is 0.723. The maximum Gasteiger partial charge on any atom is 2.00 e. The summed E-state index contributed by atoms with van der Waals surface area (Å²) < 4.78 is 9.28. The van der Waals surface area contributed by atoms with Crippen molar-refractivity contribution in [3.8, 4) is 11.5 Å². The summed E-state index contributed by atoms with van der Waals surface area (Å²) >= 11 is 0. The molecule has 1 aromatic carbocycles. The zero-order valence-electron chi connectivity index (χ0n) is 6.71. The van der Waals surface area contributed by atoms with E-state index in [1.165, 1.54) is 19.2 Å². The molecule has 0 aliphatic carbocycles. The molecule has 0 fully saturated rings. The van der Waals surface area contributed by atoms with Gasteiger partial charge in [0.1, 0.15) is 11.5 Å². The number of ether oxygens (including phenoxy) is 1. The molecular formula is C7H7NiO4P. The molecule has 74 valence electrons. The molecule has 0 atom stereocenters. The van der Waals surface area contributed by atoms with Gasteiger partial charge in [-0.15, -0.1) is 0 Å². The first-order chi connectivity index (χ1) is 5.72. The smallest absolute Gasteiger partial charge is 0.810 e. The molecule has 0 bridgehead atoms. The van der Waals surface area contributed by atoms with Crippen molar-refractivity contribution in [2.24, 2.45) is 0 Å². The van der Waals surface area contributed by atoms with Crippen molar-refractivity contribution in [3.05, 3.63) is 24.3 Å². The SMILES string of the molecule is COc1ccc(OP([O-])[O-])cc1.[Ni+2]. The largest absolute Gasteiger partial charge is 2.00 e. The molecule has 0 aliphatic rings. The molecule has 13 heavy (non-hydrogen) atoms. The van der Waals surface area contributed by atoms with Gasteiger partial charge >= 0.3 is 16.5 Å². The maximum absolute atomic E-state index is 10.1. The van der Waals surface area contributed by atoms with Crippen LogP contribution in [0.5, 0.6) is 11.5 Å². The Balaban J connectivity index is 0.00000144. The van der Waals surface area contributed by atoms with E-state index in [0.29, 0.717) is 5.75 Å². The molecule has 0 saturated heterocycles. The second kappa shape index (κ2) is 6.17. The van der Waals surface area contributed by atoms with Gasteiger partial charge in [-0.2, -0.15) is 0 Å². The van der Waals surface area contributed by atoms with Gasteiger partial charge in [0.05, 0.1) is 7.11 Å². The Morgan fingerprint density at radius 1 is 1.08 bits per heavy atom. The molecule has 0 radical (unpaired) electrons. The van der Waals surface area contributed by atoms with Crippen molar-refractivity contribution >= 4 is 8.60 Å². The molecule has 0 amide bonds. The van der Waals surface area contributed by atoms with Gasteiger partial charge < -0.3 is 19.0 Å². The van der Waals surface area contributed by atoms with Crippen LogP contribution in [0.25, 0.3) is 0 Å². The zero-order chi connectivity index (χ0) is 8.97. The van der Waals surface area contributed by atoms with E-state index in [1.54, 1.807) is 12.1 Å². The van der Waals surface area contributed by atoms with Gasteiger partial charge in [0.2, 0.25) is 0 Å². The Bertz CT molecular complexity index is 239. The monoisotopic (exact) mass is 244 g/mol. The van der Waals surface area contributed by atoms with Gasteiger partial charge in [-0.3, -0.25) is 0 Å². The maximum atomic E-state index is 10.1. The van der Waals surface area contributed by atoms with Crippen molar-refractivity contribution in [2.45, 2.75) is 0 Å². The van der Waals surface area contributed by atoms with Crippen LogP contribution in [0.4, 0.5) is 0 Å². The third-order valence-electron chi connectivity index (χ3n) is 1.24.